The molecule has 0 bridgehead atoms. The van der Waals surface area contributed by atoms with Crippen LogP contribution in [0.5, 0.6) is 0 Å². The van der Waals surface area contributed by atoms with Gasteiger partial charge in [-0.1, -0.05) is 0 Å². The average Bonchev–Trinajstić information content (AvgIpc) is 1.79. The van der Waals surface area contributed by atoms with Gasteiger partial charge in [0.1, 0.15) is 0 Å². The van der Waals surface area contributed by atoms with Crippen LogP contribution in [-0.4, -0.2) is 29.5 Å². The highest BCUT2D eigenvalue weighted by Crippen LogP contribution is 2.40. The van der Waals surface area contributed by atoms with E-state index in [0.717, 1.165) is 0 Å². The van der Waals surface area contributed by atoms with Crippen molar-refractivity contribution < 1.29 is 54.4 Å². The zero-order chi connectivity index (χ0) is 11.7. The van der Waals surface area contributed by atoms with Crippen molar-refractivity contribution in [3.8, 4) is 0 Å². The lowest BCUT2D eigenvalue weighted by Crippen LogP contribution is -3.00. The second-order valence-corrected chi connectivity index (χ2v) is 2.51. The lowest BCUT2D eigenvalue weighted by Gasteiger charge is -2.23. The molecule has 0 aliphatic carbocycles. The highest BCUT2D eigenvalue weighted by atomic mass is 35.5. The van der Waals surface area contributed by atoms with Crippen molar-refractivity contribution in [3.05, 3.63) is 0 Å². The van der Waals surface area contributed by atoms with Crippen LogP contribution >= 0.6 is 0 Å². The van der Waals surface area contributed by atoms with Gasteiger partial charge >= 0.3 is 18.3 Å². The van der Waals surface area contributed by atoms with E-state index in [4.69, 9.17) is 5.11 Å². The number of aliphatic carboxylic acids is 1. The summed E-state index contributed by atoms with van der Waals surface area (Å²) in [4.78, 5) is 9.97. The van der Waals surface area contributed by atoms with Gasteiger partial charge in [-0.2, -0.15) is 26.3 Å². The molecular weight excluding hydrogens is 256 g/mol. The molecule has 0 aliphatic rings. The summed E-state index contributed by atoms with van der Waals surface area (Å²) in [7, 11) is 0. The van der Waals surface area contributed by atoms with Crippen LogP contribution in [0, 0.1) is 5.92 Å². The van der Waals surface area contributed by atoms with Crippen LogP contribution in [0.1, 0.15) is 0 Å². The number of alkyl halides is 6. The molecule has 0 saturated carbocycles. The topological polar surface area (TPSA) is 64.9 Å². The Morgan fingerprint density at radius 3 is 1.40 bits per heavy atom. The number of carboxylic acid groups (broad SMARTS) is 1. The molecule has 4 N–H and O–H groups in total. The summed E-state index contributed by atoms with van der Waals surface area (Å²) in [6.45, 7) is 0. The largest absolute Gasteiger partial charge is 1.00 e. The normalized spacial score (nSPS) is 14.7. The quantitative estimate of drug-likeness (QED) is 0.537. The number of carbonyl (C=O) groups is 1. The molecule has 15 heavy (non-hydrogen) atoms. The number of quaternary nitrogens is 1. The molecule has 0 saturated heterocycles. The molecule has 0 heterocycles. The average molecular weight is 262 g/mol. The van der Waals surface area contributed by atoms with Gasteiger partial charge in [0.25, 0.3) is 0 Å². The maximum atomic E-state index is 11.8. The zero-order valence-electron chi connectivity index (χ0n) is 6.86. The lowest BCUT2D eigenvalue weighted by atomic mass is 9.99. The van der Waals surface area contributed by atoms with Crippen LogP contribution in [0.4, 0.5) is 26.3 Å². The minimum absolute atomic E-state index is 0. The first kappa shape index (κ1) is 16.7. The summed E-state index contributed by atoms with van der Waals surface area (Å²) in [5.74, 6) is -6.18. The fraction of sp³-hybridized carbons (Fsp3) is 0.800. The predicted molar refractivity (Wildman–Crippen MR) is 29.9 cm³/mol. The second-order valence-electron chi connectivity index (χ2n) is 2.51. The molecule has 0 radical (unpaired) electrons. The van der Waals surface area contributed by atoms with Crippen molar-refractivity contribution in [1.29, 1.82) is 0 Å². The van der Waals surface area contributed by atoms with Gasteiger partial charge in [-0.05, 0) is 0 Å². The predicted octanol–water partition coefficient (Wildman–Crippen LogP) is -2.57. The van der Waals surface area contributed by atoms with Crippen molar-refractivity contribution in [3.63, 3.8) is 0 Å². The van der Waals surface area contributed by atoms with E-state index in [-0.39, 0.29) is 12.4 Å². The molecule has 0 aliphatic heterocycles. The molecule has 0 aromatic carbocycles. The Labute approximate surface area is 85.6 Å². The van der Waals surface area contributed by atoms with Crippen molar-refractivity contribution in [2.24, 2.45) is 5.92 Å². The molecule has 1 atom stereocenters. The maximum absolute atomic E-state index is 11.8. The maximum Gasteiger partial charge on any atom is 0.406 e. The summed E-state index contributed by atoms with van der Waals surface area (Å²) < 4.78 is 70.8. The first-order valence-electron chi connectivity index (χ1n) is 3.17. The van der Waals surface area contributed by atoms with Gasteiger partial charge in [0.15, 0.2) is 0 Å². The molecule has 10 heteroatoms. The molecule has 0 amide bonds. The van der Waals surface area contributed by atoms with Gasteiger partial charge in [0, 0.05) is 0 Å². The number of hydrogen-bond acceptors (Lipinski definition) is 1. The Morgan fingerprint density at radius 2 is 1.33 bits per heavy atom. The number of rotatable bonds is 2. The molecular formula is C5H6ClF6NO2. The van der Waals surface area contributed by atoms with Crippen LogP contribution in [-0.2, 0) is 4.79 Å². The highest BCUT2D eigenvalue weighted by Gasteiger charge is 2.63. The molecule has 0 unspecified atom stereocenters. The van der Waals surface area contributed by atoms with E-state index in [2.05, 4.69) is 5.73 Å². The Bertz CT molecular complexity index is 213. The van der Waals surface area contributed by atoms with Crippen LogP contribution in [0.25, 0.3) is 0 Å². The van der Waals surface area contributed by atoms with E-state index in [0.29, 0.717) is 0 Å². The minimum Gasteiger partial charge on any atom is -1.00 e. The summed E-state index contributed by atoms with van der Waals surface area (Å²) in [6.07, 6.45) is -11.3. The fourth-order valence-electron chi connectivity index (χ4n) is 0.784. The smallest absolute Gasteiger partial charge is 0.406 e. The van der Waals surface area contributed by atoms with Crippen molar-refractivity contribution >= 4 is 5.97 Å². The number of carboxylic acids is 1. The van der Waals surface area contributed by atoms with E-state index in [9.17, 15) is 31.1 Å². The second kappa shape index (κ2) is 4.88. The summed E-state index contributed by atoms with van der Waals surface area (Å²) in [5.41, 5.74) is 2.33. The summed E-state index contributed by atoms with van der Waals surface area (Å²) in [6, 6.07) is -2.80. The van der Waals surface area contributed by atoms with E-state index < -0.39 is 30.3 Å². The van der Waals surface area contributed by atoms with Gasteiger partial charge in [0.05, 0.1) is 0 Å². The van der Waals surface area contributed by atoms with E-state index in [1.165, 1.54) is 0 Å². The summed E-state index contributed by atoms with van der Waals surface area (Å²) >= 11 is 0. The Hall–Kier alpha value is -0.700. The zero-order valence-corrected chi connectivity index (χ0v) is 7.62. The van der Waals surface area contributed by atoms with Crippen molar-refractivity contribution in [2.45, 2.75) is 18.4 Å². The lowest BCUT2D eigenvalue weighted by molar-refractivity contribution is -0.460. The van der Waals surface area contributed by atoms with Gasteiger partial charge in [0.2, 0.25) is 12.0 Å². The van der Waals surface area contributed by atoms with E-state index >= 15 is 0 Å². The molecule has 0 spiro atoms. The van der Waals surface area contributed by atoms with Crippen LogP contribution in [0.2, 0.25) is 0 Å². The summed E-state index contributed by atoms with van der Waals surface area (Å²) in [5, 5.41) is 8.02. The van der Waals surface area contributed by atoms with Gasteiger partial charge < -0.3 is 23.2 Å². The molecule has 92 valence electrons. The number of hydrogen-bond donors (Lipinski definition) is 2. The third-order valence-corrected chi connectivity index (χ3v) is 1.42. The molecule has 0 aromatic heterocycles. The van der Waals surface area contributed by atoms with Gasteiger partial charge in [-0.25, -0.2) is 4.79 Å². The molecule has 0 aromatic rings. The standard InChI is InChI=1S/C5H5F6NO2.ClH/c6-4(7,8)2(5(9,10)11)1(12)3(13)14;/h1-2H,12H2,(H,13,14);1H/t1-;/m1./s1. The minimum atomic E-state index is -5.66. The van der Waals surface area contributed by atoms with Crippen LogP contribution in [0.3, 0.4) is 0 Å². The van der Waals surface area contributed by atoms with Crippen LogP contribution < -0.4 is 18.1 Å². The molecule has 0 rings (SSSR count). The number of halogens is 7. The Kier molecular flexibility index (Phi) is 5.44. The van der Waals surface area contributed by atoms with E-state index in [1.807, 2.05) is 0 Å². The monoisotopic (exact) mass is 261 g/mol. The first-order valence-corrected chi connectivity index (χ1v) is 3.17. The molecule has 3 nitrogen and oxygen atoms in total. The SMILES string of the molecule is [Cl-].[NH3+][C@@H](C(=O)O)C(C(F)(F)F)C(F)(F)F. The fourth-order valence-corrected chi connectivity index (χ4v) is 0.784. The highest BCUT2D eigenvalue weighted by molar-refractivity contribution is 5.72. The van der Waals surface area contributed by atoms with Crippen molar-refractivity contribution in [1.82, 2.24) is 0 Å². The third kappa shape index (κ3) is 4.56. The Morgan fingerprint density at radius 1 is 1.07 bits per heavy atom. The van der Waals surface area contributed by atoms with Crippen LogP contribution in [0.15, 0.2) is 0 Å². The van der Waals surface area contributed by atoms with Gasteiger partial charge in [-0.3, -0.25) is 0 Å². The third-order valence-electron chi connectivity index (χ3n) is 1.42. The van der Waals surface area contributed by atoms with Gasteiger partial charge in [-0.15, -0.1) is 0 Å². The Balaban J connectivity index is 0. The van der Waals surface area contributed by atoms with E-state index in [1.54, 1.807) is 0 Å². The van der Waals surface area contributed by atoms with Crippen molar-refractivity contribution in [2.75, 3.05) is 0 Å². The molecule has 0 fully saturated rings. The first-order chi connectivity index (χ1) is 5.98.